The molecular formula is C11H15ClN2O3S. The standard InChI is InChI=1S/C11H15ClN2O3S/c1-11(2,16)4-5-18-10-13-6-7(12)8(14-10)9(15)17-3/h6,16H,4-5H2,1-3H3. The maximum absolute atomic E-state index is 11.4. The molecule has 7 heteroatoms. The van der Waals surface area contributed by atoms with E-state index < -0.39 is 11.6 Å². The number of hydrogen-bond donors (Lipinski definition) is 1. The van der Waals surface area contributed by atoms with Crippen LogP contribution in [-0.2, 0) is 4.74 Å². The molecule has 0 aliphatic carbocycles. The van der Waals surface area contributed by atoms with E-state index in [1.165, 1.54) is 25.1 Å². The van der Waals surface area contributed by atoms with Gasteiger partial charge in [-0.2, -0.15) is 0 Å². The molecule has 0 unspecified atom stereocenters. The van der Waals surface area contributed by atoms with Crippen LogP contribution in [0, 0.1) is 0 Å². The highest BCUT2D eigenvalue weighted by Gasteiger charge is 2.16. The lowest BCUT2D eigenvalue weighted by molar-refractivity contribution is 0.0592. The molecular weight excluding hydrogens is 276 g/mol. The number of carbonyl (C=O) groups is 1. The fourth-order valence-corrected chi connectivity index (χ4v) is 2.29. The van der Waals surface area contributed by atoms with E-state index in [0.717, 1.165) is 0 Å². The van der Waals surface area contributed by atoms with Gasteiger partial charge >= 0.3 is 5.97 Å². The van der Waals surface area contributed by atoms with E-state index >= 15 is 0 Å². The molecule has 0 amide bonds. The zero-order valence-corrected chi connectivity index (χ0v) is 12.0. The van der Waals surface area contributed by atoms with E-state index in [0.29, 0.717) is 17.3 Å². The Labute approximate surface area is 115 Å². The molecule has 5 nitrogen and oxygen atoms in total. The van der Waals surface area contributed by atoms with Gasteiger partial charge in [-0.3, -0.25) is 0 Å². The molecule has 0 atom stereocenters. The highest BCUT2D eigenvalue weighted by molar-refractivity contribution is 7.99. The number of rotatable bonds is 5. The van der Waals surface area contributed by atoms with E-state index in [1.54, 1.807) is 13.8 Å². The maximum atomic E-state index is 11.4. The minimum absolute atomic E-state index is 0.0555. The quantitative estimate of drug-likeness (QED) is 0.509. The van der Waals surface area contributed by atoms with Gasteiger partial charge in [-0.25, -0.2) is 14.8 Å². The molecule has 0 saturated carbocycles. The van der Waals surface area contributed by atoms with Crippen LogP contribution in [0.4, 0.5) is 0 Å². The van der Waals surface area contributed by atoms with Crippen LogP contribution < -0.4 is 0 Å². The second-order valence-electron chi connectivity index (χ2n) is 4.25. The Balaban J connectivity index is 2.71. The summed E-state index contributed by atoms with van der Waals surface area (Å²) < 4.78 is 4.57. The summed E-state index contributed by atoms with van der Waals surface area (Å²) in [5, 5.41) is 10.2. The topological polar surface area (TPSA) is 72.3 Å². The van der Waals surface area contributed by atoms with Crippen LogP contribution in [0.2, 0.25) is 5.02 Å². The highest BCUT2D eigenvalue weighted by Crippen LogP contribution is 2.21. The summed E-state index contributed by atoms with van der Waals surface area (Å²) >= 11 is 7.15. The number of aromatic nitrogens is 2. The van der Waals surface area contributed by atoms with Crippen molar-refractivity contribution in [3.63, 3.8) is 0 Å². The number of methoxy groups -OCH3 is 1. The lowest BCUT2D eigenvalue weighted by Gasteiger charge is -2.15. The predicted octanol–water partition coefficient (Wildman–Crippen LogP) is 2.17. The summed E-state index contributed by atoms with van der Waals surface area (Å²) in [7, 11) is 1.27. The Morgan fingerprint density at radius 2 is 2.28 bits per heavy atom. The van der Waals surface area contributed by atoms with Crippen molar-refractivity contribution in [1.82, 2.24) is 9.97 Å². The van der Waals surface area contributed by atoms with E-state index in [9.17, 15) is 9.90 Å². The zero-order chi connectivity index (χ0) is 13.8. The number of esters is 1. The van der Waals surface area contributed by atoms with Crippen molar-refractivity contribution in [2.45, 2.75) is 31.0 Å². The maximum Gasteiger partial charge on any atom is 0.358 e. The van der Waals surface area contributed by atoms with Gasteiger partial charge in [0.25, 0.3) is 0 Å². The van der Waals surface area contributed by atoms with Crippen LogP contribution in [0.3, 0.4) is 0 Å². The number of thioether (sulfide) groups is 1. The molecule has 0 aromatic carbocycles. The van der Waals surface area contributed by atoms with Gasteiger partial charge in [0.2, 0.25) is 0 Å². The van der Waals surface area contributed by atoms with Crippen molar-refractivity contribution in [1.29, 1.82) is 0 Å². The summed E-state index contributed by atoms with van der Waals surface area (Å²) in [6.45, 7) is 3.46. The third kappa shape index (κ3) is 4.80. The van der Waals surface area contributed by atoms with Gasteiger partial charge in [0.15, 0.2) is 10.9 Å². The number of ether oxygens (including phenoxy) is 1. The van der Waals surface area contributed by atoms with Crippen LogP contribution in [0.5, 0.6) is 0 Å². The Kier molecular flexibility index (Phi) is 5.37. The van der Waals surface area contributed by atoms with Crippen molar-refractivity contribution in [2.24, 2.45) is 0 Å². The fourth-order valence-electron chi connectivity index (χ4n) is 1.05. The van der Waals surface area contributed by atoms with Gasteiger partial charge in [0.1, 0.15) is 0 Å². The summed E-state index contributed by atoms with van der Waals surface area (Å²) in [6, 6.07) is 0. The molecule has 0 spiro atoms. The first kappa shape index (κ1) is 15.2. The van der Waals surface area contributed by atoms with Gasteiger partial charge in [-0.05, 0) is 20.3 Å². The molecule has 100 valence electrons. The molecule has 0 aliphatic heterocycles. The fraction of sp³-hybridized carbons (Fsp3) is 0.545. The molecule has 0 radical (unpaired) electrons. The minimum Gasteiger partial charge on any atom is -0.464 e. The lowest BCUT2D eigenvalue weighted by Crippen LogP contribution is -2.19. The second kappa shape index (κ2) is 6.36. The van der Waals surface area contributed by atoms with Gasteiger partial charge in [0, 0.05) is 5.75 Å². The first-order valence-corrected chi connectivity index (χ1v) is 6.66. The number of aliphatic hydroxyl groups is 1. The number of nitrogens with zero attached hydrogens (tertiary/aromatic N) is 2. The molecule has 1 N–H and O–H groups in total. The first-order chi connectivity index (χ1) is 8.33. The largest absolute Gasteiger partial charge is 0.464 e. The van der Waals surface area contributed by atoms with Crippen LogP contribution in [0.1, 0.15) is 30.8 Å². The van der Waals surface area contributed by atoms with Gasteiger partial charge in [-0.1, -0.05) is 23.4 Å². The Morgan fingerprint density at radius 1 is 1.61 bits per heavy atom. The first-order valence-electron chi connectivity index (χ1n) is 5.29. The van der Waals surface area contributed by atoms with Gasteiger partial charge < -0.3 is 9.84 Å². The van der Waals surface area contributed by atoms with Gasteiger partial charge in [0.05, 0.1) is 23.9 Å². The molecule has 1 heterocycles. The normalized spacial score (nSPS) is 11.4. The van der Waals surface area contributed by atoms with Crippen molar-refractivity contribution in [3.05, 3.63) is 16.9 Å². The van der Waals surface area contributed by atoms with Crippen molar-refractivity contribution in [2.75, 3.05) is 12.9 Å². The SMILES string of the molecule is COC(=O)c1nc(SCCC(C)(C)O)ncc1Cl. The number of carbonyl (C=O) groups excluding carboxylic acids is 1. The summed E-state index contributed by atoms with van der Waals surface area (Å²) in [5.74, 6) is 0.0536. The molecule has 1 aromatic rings. The van der Waals surface area contributed by atoms with E-state index in [2.05, 4.69) is 14.7 Å². The molecule has 1 aromatic heterocycles. The Morgan fingerprint density at radius 3 is 2.83 bits per heavy atom. The predicted molar refractivity (Wildman–Crippen MR) is 70.0 cm³/mol. The molecule has 0 bridgehead atoms. The van der Waals surface area contributed by atoms with Crippen LogP contribution in [-0.4, -0.2) is 39.5 Å². The van der Waals surface area contributed by atoms with Crippen LogP contribution in [0.25, 0.3) is 0 Å². The minimum atomic E-state index is -0.732. The second-order valence-corrected chi connectivity index (χ2v) is 5.72. The van der Waals surface area contributed by atoms with Crippen molar-refractivity contribution < 1.29 is 14.6 Å². The van der Waals surface area contributed by atoms with Crippen molar-refractivity contribution in [3.8, 4) is 0 Å². The summed E-state index contributed by atoms with van der Waals surface area (Å²) in [5.41, 5.74) is -0.676. The summed E-state index contributed by atoms with van der Waals surface area (Å²) in [6.07, 6.45) is 1.96. The van der Waals surface area contributed by atoms with Gasteiger partial charge in [-0.15, -0.1) is 0 Å². The van der Waals surface area contributed by atoms with E-state index in [4.69, 9.17) is 11.6 Å². The Hall–Kier alpha value is -0.850. The van der Waals surface area contributed by atoms with E-state index in [-0.39, 0.29) is 10.7 Å². The van der Waals surface area contributed by atoms with Crippen molar-refractivity contribution >= 4 is 29.3 Å². The van der Waals surface area contributed by atoms with E-state index in [1.807, 2.05) is 0 Å². The molecule has 1 rings (SSSR count). The number of halogens is 1. The monoisotopic (exact) mass is 290 g/mol. The lowest BCUT2D eigenvalue weighted by atomic mass is 10.1. The highest BCUT2D eigenvalue weighted by atomic mass is 35.5. The average Bonchev–Trinajstić information content (AvgIpc) is 2.28. The smallest absolute Gasteiger partial charge is 0.358 e. The third-order valence-electron chi connectivity index (χ3n) is 2.05. The average molecular weight is 291 g/mol. The third-order valence-corrected chi connectivity index (χ3v) is 3.19. The van der Waals surface area contributed by atoms with Crippen LogP contribution >= 0.6 is 23.4 Å². The molecule has 0 fully saturated rings. The zero-order valence-electron chi connectivity index (χ0n) is 10.4. The number of hydrogen-bond acceptors (Lipinski definition) is 6. The Bertz CT molecular complexity index is 435. The molecule has 18 heavy (non-hydrogen) atoms. The molecule has 0 aliphatic rings. The summed E-state index contributed by atoms with van der Waals surface area (Å²) in [4.78, 5) is 19.4. The van der Waals surface area contributed by atoms with Crippen LogP contribution in [0.15, 0.2) is 11.4 Å². The molecule has 0 saturated heterocycles.